The van der Waals surface area contributed by atoms with E-state index in [0.29, 0.717) is 16.5 Å². The Labute approximate surface area is 193 Å². The standard InChI is InChI=1S/C24H24F4N4O2/c25-18-6-9-21-20(12-18)16(14-32(21)15-22(33)31-10-2-1-3-11-31)13-29-23(34)30-19-7-4-17(5-8-19)24(26,27)28/h4-9,12,14H,1-3,10-11,13,15H2,(H2,29,30,34). The zero-order chi connectivity index (χ0) is 24.3. The van der Waals surface area contributed by atoms with Crippen molar-refractivity contribution < 1.29 is 27.2 Å². The fourth-order valence-electron chi connectivity index (χ4n) is 4.10. The molecular formula is C24H24F4N4O2. The van der Waals surface area contributed by atoms with Gasteiger partial charge in [-0.15, -0.1) is 0 Å². The van der Waals surface area contributed by atoms with Crippen LogP contribution in [0.15, 0.2) is 48.7 Å². The summed E-state index contributed by atoms with van der Waals surface area (Å²) in [5.41, 5.74) is 0.675. The third kappa shape index (κ3) is 5.49. The van der Waals surface area contributed by atoms with E-state index in [2.05, 4.69) is 10.6 Å². The smallest absolute Gasteiger partial charge is 0.341 e. The molecule has 0 spiro atoms. The topological polar surface area (TPSA) is 66.4 Å². The summed E-state index contributed by atoms with van der Waals surface area (Å²) < 4.78 is 53.7. The summed E-state index contributed by atoms with van der Waals surface area (Å²) in [5.74, 6) is -0.455. The summed E-state index contributed by atoms with van der Waals surface area (Å²) in [4.78, 5) is 26.8. The number of nitrogens with one attached hydrogen (secondary N) is 2. The molecule has 2 aromatic carbocycles. The number of hydrogen-bond acceptors (Lipinski definition) is 2. The monoisotopic (exact) mass is 476 g/mol. The van der Waals surface area contributed by atoms with Crippen LogP contribution >= 0.6 is 0 Å². The molecule has 6 nitrogen and oxygen atoms in total. The number of carbonyl (C=O) groups excluding carboxylic acids is 2. The first-order chi connectivity index (χ1) is 16.2. The van der Waals surface area contributed by atoms with E-state index < -0.39 is 23.6 Å². The van der Waals surface area contributed by atoms with Gasteiger partial charge in [-0.1, -0.05) is 0 Å². The average molecular weight is 476 g/mol. The number of piperidine rings is 1. The van der Waals surface area contributed by atoms with Crippen LogP contribution in [0.3, 0.4) is 0 Å². The minimum atomic E-state index is -4.46. The van der Waals surface area contributed by atoms with Crippen LogP contribution in [0.2, 0.25) is 0 Å². The fourth-order valence-corrected chi connectivity index (χ4v) is 4.10. The molecule has 34 heavy (non-hydrogen) atoms. The van der Waals surface area contributed by atoms with Crippen LogP contribution in [0.1, 0.15) is 30.4 Å². The lowest BCUT2D eigenvalue weighted by Gasteiger charge is -2.27. The number of nitrogens with zero attached hydrogens (tertiary/aromatic N) is 2. The van der Waals surface area contributed by atoms with Crippen LogP contribution in [-0.4, -0.2) is 34.5 Å². The molecule has 1 aliphatic rings. The van der Waals surface area contributed by atoms with Gasteiger partial charge in [-0.2, -0.15) is 13.2 Å². The number of halogens is 4. The second-order valence-electron chi connectivity index (χ2n) is 8.27. The van der Waals surface area contributed by atoms with Crippen LogP contribution in [0.25, 0.3) is 10.9 Å². The third-order valence-electron chi connectivity index (χ3n) is 5.85. The first-order valence-electron chi connectivity index (χ1n) is 11.0. The number of carbonyl (C=O) groups is 2. The van der Waals surface area contributed by atoms with Crippen LogP contribution < -0.4 is 10.6 Å². The van der Waals surface area contributed by atoms with Crippen molar-refractivity contribution in [1.82, 2.24) is 14.8 Å². The summed E-state index contributed by atoms with van der Waals surface area (Å²) in [6.07, 6.45) is 0.322. The van der Waals surface area contributed by atoms with Gasteiger partial charge in [0.05, 0.1) is 5.56 Å². The van der Waals surface area contributed by atoms with Gasteiger partial charge >= 0.3 is 12.2 Å². The van der Waals surface area contributed by atoms with Gasteiger partial charge in [-0.25, -0.2) is 9.18 Å². The molecule has 0 bridgehead atoms. The number of benzene rings is 2. The van der Waals surface area contributed by atoms with E-state index in [1.165, 1.54) is 12.1 Å². The Kier molecular flexibility index (Phi) is 6.76. The SMILES string of the molecule is O=C(NCc1cn(CC(=O)N2CCCCC2)c2ccc(F)cc12)Nc1ccc(C(F)(F)F)cc1. The van der Waals surface area contributed by atoms with Crippen LogP contribution in [0.5, 0.6) is 0 Å². The first-order valence-corrected chi connectivity index (χ1v) is 11.0. The average Bonchev–Trinajstić information content (AvgIpc) is 3.14. The van der Waals surface area contributed by atoms with Crippen molar-refractivity contribution in [1.29, 1.82) is 0 Å². The van der Waals surface area contributed by atoms with E-state index in [4.69, 9.17) is 0 Å². The van der Waals surface area contributed by atoms with Gasteiger partial charge in [0.1, 0.15) is 12.4 Å². The van der Waals surface area contributed by atoms with Gasteiger partial charge in [0.15, 0.2) is 0 Å². The Hall–Kier alpha value is -3.56. The van der Waals surface area contributed by atoms with Gasteiger partial charge in [0, 0.05) is 42.4 Å². The molecule has 0 saturated carbocycles. The van der Waals surface area contributed by atoms with Crippen molar-refractivity contribution in [2.75, 3.05) is 18.4 Å². The first kappa shape index (κ1) is 23.6. The lowest BCUT2D eigenvalue weighted by molar-refractivity contribution is -0.137. The maximum atomic E-state index is 13.9. The quantitative estimate of drug-likeness (QED) is 0.502. The van der Waals surface area contributed by atoms with Crippen molar-refractivity contribution in [3.8, 4) is 0 Å². The molecule has 3 amide bonds. The number of hydrogen-bond donors (Lipinski definition) is 2. The van der Waals surface area contributed by atoms with Crippen molar-refractivity contribution >= 4 is 28.5 Å². The Morgan fingerprint density at radius 3 is 2.35 bits per heavy atom. The number of anilines is 1. The zero-order valence-corrected chi connectivity index (χ0v) is 18.3. The van der Waals surface area contributed by atoms with E-state index in [0.717, 1.165) is 56.6 Å². The molecule has 180 valence electrons. The Morgan fingerprint density at radius 1 is 0.971 bits per heavy atom. The summed E-state index contributed by atoms with van der Waals surface area (Å²) in [6.45, 7) is 1.60. The maximum absolute atomic E-state index is 13.9. The van der Waals surface area contributed by atoms with Gasteiger partial charge in [-0.05, 0) is 67.3 Å². The normalized spacial score (nSPS) is 14.3. The predicted octanol–water partition coefficient (Wildman–Crippen LogP) is 5.13. The highest BCUT2D eigenvalue weighted by Crippen LogP contribution is 2.30. The molecule has 3 aromatic rings. The molecule has 0 atom stereocenters. The highest BCUT2D eigenvalue weighted by atomic mass is 19.4. The highest BCUT2D eigenvalue weighted by molar-refractivity contribution is 5.90. The number of fused-ring (bicyclic) bond motifs is 1. The molecule has 1 aromatic heterocycles. The summed E-state index contributed by atoms with van der Waals surface area (Å²) in [6, 6.07) is 7.73. The van der Waals surface area contributed by atoms with Crippen LogP contribution in [0, 0.1) is 5.82 Å². The Balaban J connectivity index is 1.44. The Morgan fingerprint density at radius 2 is 1.68 bits per heavy atom. The third-order valence-corrected chi connectivity index (χ3v) is 5.85. The largest absolute Gasteiger partial charge is 0.416 e. The number of amides is 3. The second-order valence-corrected chi connectivity index (χ2v) is 8.27. The molecule has 2 N–H and O–H groups in total. The number of aromatic nitrogens is 1. The molecule has 1 fully saturated rings. The minimum Gasteiger partial charge on any atom is -0.341 e. The van der Waals surface area contributed by atoms with E-state index in [1.54, 1.807) is 16.8 Å². The molecule has 1 saturated heterocycles. The fraction of sp³-hybridized carbons (Fsp3) is 0.333. The van der Waals surface area contributed by atoms with E-state index in [9.17, 15) is 27.2 Å². The molecular weight excluding hydrogens is 452 g/mol. The zero-order valence-electron chi connectivity index (χ0n) is 18.3. The number of likely N-dealkylation sites (tertiary alicyclic amines) is 1. The molecule has 10 heteroatoms. The highest BCUT2D eigenvalue weighted by Gasteiger charge is 2.30. The van der Waals surface area contributed by atoms with Crippen LogP contribution in [-0.2, 0) is 24.1 Å². The van der Waals surface area contributed by atoms with E-state index in [1.807, 2.05) is 4.90 Å². The Bertz CT molecular complexity index is 1180. The molecule has 0 unspecified atom stereocenters. The van der Waals surface area contributed by atoms with Gasteiger partial charge in [0.2, 0.25) is 5.91 Å². The summed E-state index contributed by atoms with van der Waals surface area (Å²) in [7, 11) is 0. The summed E-state index contributed by atoms with van der Waals surface area (Å²) >= 11 is 0. The van der Waals surface area contributed by atoms with Crippen molar-refractivity contribution in [2.45, 2.75) is 38.5 Å². The predicted molar refractivity (Wildman–Crippen MR) is 120 cm³/mol. The van der Waals surface area contributed by atoms with E-state index >= 15 is 0 Å². The van der Waals surface area contributed by atoms with Crippen molar-refractivity contribution in [3.63, 3.8) is 0 Å². The number of urea groups is 1. The van der Waals surface area contributed by atoms with Crippen molar-refractivity contribution in [2.24, 2.45) is 0 Å². The summed E-state index contributed by atoms with van der Waals surface area (Å²) in [5, 5.41) is 5.67. The maximum Gasteiger partial charge on any atom is 0.416 e. The minimum absolute atomic E-state index is 0.0134. The van der Waals surface area contributed by atoms with Gasteiger partial charge in [-0.3, -0.25) is 4.79 Å². The van der Waals surface area contributed by atoms with E-state index in [-0.39, 0.29) is 24.7 Å². The molecule has 1 aliphatic heterocycles. The van der Waals surface area contributed by atoms with Crippen molar-refractivity contribution in [3.05, 3.63) is 65.6 Å². The molecule has 0 aliphatic carbocycles. The second kappa shape index (κ2) is 9.74. The van der Waals surface area contributed by atoms with Crippen LogP contribution in [0.4, 0.5) is 28.0 Å². The lowest BCUT2D eigenvalue weighted by atomic mass is 10.1. The number of rotatable bonds is 5. The van der Waals surface area contributed by atoms with Gasteiger partial charge in [0.25, 0.3) is 0 Å². The van der Waals surface area contributed by atoms with Gasteiger partial charge < -0.3 is 20.1 Å². The molecule has 4 rings (SSSR count). The number of alkyl halides is 3. The molecule has 2 heterocycles. The lowest BCUT2D eigenvalue weighted by Crippen LogP contribution is -2.37. The molecule has 0 radical (unpaired) electrons.